The van der Waals surface area contributed by atoms with E-state index in [1.165, 1.54) is 0 Å². The average molecular weight is 260 g/mol. The first-order valence-corrected chi connectivity index (χ1v) is 6.04. The van der Waals surface area contributed by atoms with Crippen LogP contribution in [0.5, 0.6) is 5.75 Å². The van der Waals surface area contributed by atoms with E-state index in [1.807, 2.05) is 32.0 Å². The Bertz CT molecular complexity index is 585. The lowest BCUT2D eigenvalue weighted by Gasteiger charge is -2.04. The molecule has 0 amide bonds. The molecule has 2 rings (SSSR count). The van der Waals surface area contributed by atoms with Gasteiger partial charge in [0, 0.05) is 16.8 Å². The van der Waals surface area contributed by atoms with Crippen LogP contribution in [-0.2, 0) is 0 Å². The molecular weight excluding hydrogens is 246 g/mol. The smallest absolute Gasteiger partial charge is 0.124 e. The fourth-order valence-electron chi connectivity index (χ4n) is 1.77. The number of halogens is 1. The second kappa shape index (κ2) is 5.23. The van der Waals surface area contributed by atoms with Gasteiger partial charge in [-0.25, -0.2) is 0 Å². The zero-order valence-electron chi connectivity index (χ0n) is 10.3. The molecule has 0 heterocycles. The highest BCUT2D eigenvalue weighted by Gasteiger charge is 2.01. The Labute approximate surface area is 112 Å². The molecule has 0 saturated heterocycles. The van der Waals surface area contributed by atoms with Crippen molar-refractivity contribution >= 4 is 23.5 Å². The topological polar surface area (TPSA) is 32.6 Å². The summed E-state index contributed by atoms with van der Waals surface area (Å²) in [7, 11) is 0. The predicted molar refractivity (Wildman–Crippen MR) is 76.3 cm³/mol. The Morgan fingerprint density at radius 1 is 1.11 bits per heavy atom. The third kappa shape index (κ3) is 2.71. The number of hydrogen-bond donors (Lipinski definition) is 1. The monoisotopic (exact) mass is 259 g/mol. The summed E-state index contributed by atoms with van der Waals surface area (Å²) in [6.07, 6.45) is 1.64. The van der Waals surface area contributed by atoms with Crippen LogP contribution in [-0.4, -0.2) is 11.3 Å². The molecule has 0 spiro atoms. The number of phenols is 1. The summed E-state index contributed by atoms with van der Waals surface area (Å²) in [5, 5.41) is 10.3. The molecule has 0 aromatic heterocycles. The Morgan fingerprint density at radius 2 is 1.78 bits per heavy atom. The van der Waals surface area contributed by atoms with Gasteiger partial charge < -0.3 is 5.11 Å². The van der Waals surface area contributed by atoms with E-state index in [0.29, 0.717) is 10.6 Å². The number of rotatable bonds is 2. The molecule has 92 valence electrons. The van der Waals surface area contributed by atoms with Crippen LogP contribution in [0.15, 0.2) is 41.4 Å². The first-order chi connectivity index (χ1) is 8.58. The fraction of sp³-hybridized carbons (Fsp3) is 0.133. The van der Waals surface area contributed by atoms with E-state index in [2.05, 4.69) is 4.99 Å². The summed E-state index contributed by atoms with van der Waals surface area (Å²) in [6, 6.07) is 10.9. The first-order valence-electron chi connectivity index (χ1n) is 5.67. The number of benzene rings is 2. The molecule has 0 saturated carbocycles. The predicted octanol–water partition coefficient (Wildman–Crippen LogP) is 4.41. The van der Waals surface area contributed by atoms with Gasteiger partial charge in [-0.05, 0) is 43.2 Å². The van der Waals surface area contributed by atoms with Gasteiger partial charge in [0.05, 0.1) is 5.69 Å². The minimum absolute atomic E-state index is 0.175. The maximum Gasteiger partial charge on any atom is 0.124 e. The summed E-state index contributed by atoms with van der Waals surface area (Å²) in [4.78, 5) is 4.43. The Kier molecular flexibility index (Phi) is 3.68. The Balaban J connectivity index is 2.39. The molecule has 18 heavy (non-hydrogen) atoms. The highest BCUT2D eigenvalue weighted by molar-refractivity contribution is 6.30. The molecule has 2 nitrogen and oxygen atoms in total. The molecule has 0 radical (unpaired) electrons. The normalized spacial score (nSPS) is 11.1. The van der Waals surface area contributed by atoms with E-state index in [-0.39, 0.29) is 5.75 Å². The van der Waals surface area contributed by atoms with Crippen molar-refractivity contribution in [3.63, 3.8) is 0 Å². The van der Waals surface area contributed by atoms with Crippen LogP contribution in [0.4, 0.5) is 5.69 Å². The van der Waals surface area contributed by atoms with Crippen LogP contribution in [0.25, 0.3) is 0 Å². The van der Waals surface area contributed by atoms with Crippen molar-refractivity contribution in [2.75, 3.05) is 0 Å². The lowest BCUT2D eigenvalue weighted by molar-refractivity contribution is 0.474. The van der Waals surface area contributed by atoms with Gasteiger partial charge in [-0.1, -0.05) is 29.8 Å². The molecule has 0 aliphatic carbocycles. The van der Waals surface area contributed by atoms with E-state index >= 15 is 0 Å². The summed E-state index contributed by atoms with van der Waals surface area (Å²) in [5.41, 5.74) is 3.75. The van der Waals surface area contributed by atoms with Crippen molar-refractivity contribution in [2.45, 2.75) is 13.8 Å². The molecule has 0 atom stereocenters. The molecule has 1 N–H and O–H groups in total. The highest BCUT2D eigenvalue weighted by atomic mass is 35.5. The van der Waals surface area contributed by atoms with E-state index in [9.17, 15) is 5.11 Å². The van der Waals surface area contributed by atoms with Crippen LogP contribution in [0.1, 0.15) is 16.7 Å². The molecule has 3 heteroatoms. The van der Waals surface area contributed by atoms with Crippen LogP contribution >= 0.6 is 11.6 Å². The number of aliphatic imine (C=N–C) groups is 1. The van der Waals surface area contributed by atoms with Crippen LogP contribution in [0, 0.1) is 13.8 Å². The summed E-state index contributed by atoms with van der Waals surface area (Å²) in [5.74, 6) is 0.175. The lowest BCUT2D eigenvalue weighted by atomic mass is 10.1. The summed E-state index contributed by atoms with van der Waals surface area (Å²) < 4.78 is 0. The molecule has 0 fully saturated rings. The van der Waals surface area contributed by atoms with Crippen molar-refractivity contribution in [1.29, 1.82) is 0 Å². The van der Waals surface area contributed by atoms with Crippen LogP contribution < -0.4 is 0 Å². The third-order valence-electron chi connectivity index (χ3n) is 2.76. The van der Waals surface area contributed by atoms with E-state index in [4.69, 9.17) is 11.6 Å². The third-order valence-corrected chi connectivity index (χ3v) is 3.00. The van der Waals surface area contributed by atoms with E-state index < -0.39 is 0 Å². The number of hydrogen-bond acceptors (Lipinski definition) is 2. The Morgan fingerprint density at radius 3 is 2.44 bits per heavy atom. The van der Waals surface area contributed by atoms with Gasteiger partial charge in [0.1, 0.15) is 5.75 Å². The van der Waals surface area contributed by atoms with Crippen molar-refractivity contribution in [2.24, 2.45) is 4.99 Å². The number of para-hydroxylation sites is 1. The molecule has 0 aliphatic rings. The van der Waals surface area contributed by atoms with Gasteiger partial charge in [-0.15, -0.1) is 0 Å². The maximum absolute atomic E-state index is 9.70. The van der Waals surface area contributed by atoms with Crippen LogP contribution in [0.3, 0.4) is 0 Å². The zero-order chi connectivity index (χ0) is 13.1. The summed E-state index contributed by atoms with van der Waals surface area (Å²) in [6.45, 7) is 4.02. The molecule has 2 aromatic carbocycles. The van der Waals surface area contributed by atoms with Gasteiger partial charge in [0.25, 0.3) is 0 Å². The second-order valence-corrected chi connectivity index (χ2v) is 4.64. The zero-order valence-corrected chi connectivity index (χ0v) is 11.1. The number of aromatic hydroxyl groups is 1. The van der Waals surface area contributed by atoms with Crippen molar-refractivity contribution in [1.82, 2.24) is 0 Å². The first kappa shape index (κ1) is 12.7. The van der Waals surface area contributed by atoms with Gasteiger partial charge in [-0.3, -0.25) is 4.99 Å². The minimum Gasteiger partial charge on any atom is -0.507 e. The van der Waals surface area contributed by atoms with E-state index in [1.54, 1.807) is 24.4 Å². The van der Waals surface area contributed by atoms with Gasteiger partial charge in [0.15, 0.2) is 0 Å². The molecular formula is C15H14ClNO. The van der Waals surface area contributed by atoms with Crippen LogP contribution in [0.2, 0.25) is 5.02 Å². The van der Waals surface area contributed by atoms with Crippen molar-refractivity contribution < 1.29 is 5.11 Å². The quantitative estimate of drug-likeness (QED) is 0.796. The van der Waals surface area contributed by atoms with Gasteiger partial charge >= 0.3 is 0 Å². The standard InChI is InChI=1S/C15H14ClNO/c1-10-4-3-5-11(2)15(10)17-9-12-8-13(16)6-7-14(12)18/h3-9,18H,1-2H3. The molecule has 0 aliphatic heterocycles. The van der Waals surface area contributed by atoms with E-state index in [0.717, 1.165) is 16.8 Å². The second-order valence-electron chi connectivity index (χ2n) is 4.20. The lowest BCUT2D eigenvalue weighted by Crippen LogP contribution is -1.84. The van der Waals surface area contributed by atoms with Crippen molar-refractivity contribution in [3.05, 3.63) is 58.1 Å². The fourth-order valence-corrected chi connectivity index (χ4v) is 1.95. The Hall–Kier alpha value is -1.80. The number of phenolic OH excluding ortho intramolecular Hbond substituents is 1. The summed E-state index contributed by atoms with van der Waals surface area (Å²) >= 11 is 5.89. The average Bonchev–Trinajstić information content (AvgIpc) is 2.33. The molecule has 0 unspecified atom stereocenters. The maximum atomic E-state index is 9.70. The number of aryl methyl sites for hydroxylation is 2. The minimum atomic E-state index is 0.175. The molecule has 0 bridgehead atoms. The highest BCUT2D eigenvalue weighted by Crippen LogP contribution is 2.25. The number of nitrogens with zero attached hydrogens (tertiary/aromatic N) is 1. The largest absolute Gasteiger partial charge is 0.507 e. The van der Waals surface area contributed by atoms with Gasteiger partial charge in [-0.2, -0.15) is 0 Å². The molecule has 2 aromatic rings. The SMILES string of the molecule is Cc1cccc(C)c1N=Cc1cc(Cl)ccc1O. The van der Waals surface area contributed by atoms with Gasteiger partial charge in [0.2, 0.25) is 0 Å². The van der Waals surface area contributed by atoms with Crippen molar-refractivity contribution in [3.8, 4) is 5.75 Å².